The molecule has 2 aromatic rings. The fourth-order valence-corrected chi connectivity index (χ4v) is 3.26. The molecule has 0 heterocycles. The standard InChI is InChI=1S/C20H23NO2/c21-18-10-4-8-16(13-18)17-9-5-11-19(14-17)23-20(22)12-15-6-2-1-3-7-15/h4-5,8-11,13-15H,1-3,6-7,12,21H2. The number of carbonyl (C=O) groups is 1. The van der Waals surface area contributed by atoms with Crippen LogP contribution in [-0.4, -0.2) is 5.97 Å². The van der Waals surface area contributed by atoms with Crippen LogP contribution in [0.5, 0.6) is 5.75 Å². The summed E-state index contributed by atoms with van der Waals surface area (Å²) in [6, 6.07) is 15.3. The van der Waals surface area contributed by atoms with Gasteiger partial charge in [0.25, 0.3) is 0 Å². The quantitative estimate of drug-likeness (QED) is 0.501. The Hall–Kier alpha value is -2.29. The van der Waals surface area contributed by atoms with Crippen LogP contribution >= 0.6 is 0 Å². The number of benzene rings is 2. The molecule has 0 aromatic heterocycles. The lowest BCUT2D eigenvalue weighted by atomic mass is 9.87. The number of anilines is 1. The number of ether oxygens (including phenoxy) is 1. The second kappa shape index (κ2) is 7.32. The smallest absolute Gasteiger partial charge is 0.311 e. The molecule has 1 fully saturated rings. The van der Waals surface area contributed by atoms with Crippen molar-refractivity contribution in [2.24, 2.45) is 5.92 Å². The summed E-state index contributed by atoms with van der Waals surface area (Å²) in [5.74, 6) is 0.973. The van der Waals surface area contributed by atoms with Crippen molar-refractivity contribution in [1.29, 1.82) is 0 Å². The molecule has 0 aliphatic heterocycles. The zero-order chi connectivity index (χ0) is 16.1. The molecule has 0 unspecified atom stereocenters. The van der Waals surface area contributed by atoms with Gasteiger partial charge in [-0.15, -0.1) is 0 Å². The molecular weight excluding hydrogens is 286 g/mol. The molecule has 1 aliphatic rings. The summed E-state index contributed by atoms with van der Waals surface area (Å²) in [4.78, 5) is 12.1. The van der Waals surface area contributed by atoms with E-state index in [0.717, 1.165) is 29.7 Å². The maximum Gasteiger partial charge on any atom is 0.311 e. The first-order valence-corrected chi connectivity index (χ1v) is 8.37. The van der Waals surface area contributed by atoms with Crippen molar-refractivity contribution in [3.05, 3.63) is 48.5 Å². The van der Waals surface area contributed by atoms with Gasteiger partial charge in [0.1, 0.15) is 5.75 Å². The Bertz CT molecular complexity index is 675. The summed E-state index contributed by atoms with van der Waals surface area (Å²) in [6.07, 6.45) is 6.61. The summed E-state index contributed by atoms with van der Waals surface area (Å²) in [5, 5.41) is 0. The molecule has 120 valence electrons. The largest absolute Gasteiger partial charge is 0.426 e. The Kier molecular flexibility index (Phi) is 4.96. The van der Waals surface area contributed by atoms with Gasteiger partial charge in [-0.05, 0) is 54.2 Å². The molecular formula is C20H23NO2. The Morgan fingerprint density at radius 3 is 2.43 bits per heavy atom. The maximum absolute atomic E-state index is 12.1. The van der Waals surface area contributed by atoms with Gasteiger partial charge in [-0.3, -0.25) is 4.79 Å². The number of carbonyl (C=O) groups excluding carboxylic acids is 1. The van der Waals surface area contributed by atoms with Crippen LogP contribution in [0, 0.1) is 5.92 Å². The van der Waals surface area contributed by atoms with Gasteiger partial charge in [0.2, 0.25) is 0 Å². The third-order valence-electron chi connectivity index (χ3n) is 4.47. The number of rotatable bonds is 4. The first kappa shape index (κ1) is 15.6. The second-order valence-electron chi connectivity index (χ2n) is 6.34. The summed E-state index contributed by atoms with van der Waals surface area (Å²) < 4.78 is 5.54. The highest BCUT2D eigenvalue weighted by molar-refractivity contribution is 5.74. The van der Waals surface area contributed by atoms with Gasteiger partial charge >= 0.3 is 5.97 Å². The monoisotopic (exact) mass is 309 g/mol. The first-order chi connectivity index (χ1) is 11.2. The summed E-state index contributed by atoms with van der Waals surface area (Å²) in [6.45, 7) is 0. The van der Waals surface area contributed by atoms with Crippen LogP contribution in [0.15, 0.2) is 48.5 Å². The summed E-state index contributed by atoms with van der Waals surface area (Å²) in [5.41, 5.74) is 8.58. The minimum atomic E-state index is -0.123. The minimum absolute atomic E-state index is 0.123. The summed E-state index contributed by atoms with van der Waals surface area (Å²) in [7, 11) is 0. The van der Waals surface area contributed by atoms with Crippen molar-refractivity contribution in [1.82, 2.24) is 0 Å². The number of hydrogen-bond donors (Lipinski definition) is 1. The minimum Gasteiger partial charge on any atom is -0.426 e. The molecule has 3 heteroatoms. The van der Waals surface area contributed by atoms with E-state index in [1.165, 1.54) is 19.3 Å². The van der Waals surface area contributed by atoms with E-state index >= 15 is 0 Å². The van der Waals surface area contributed by atoms with Crippen molar-refractivity contribution in [2.75, 3.05) is 5.73 Å². The van der Waals surface area contributed by atoms with Crippen molar-refractivity contribution in [3.63, 3.8) is 0 Å². The Morgan fingerprint density at radius 1 is 1.00 bits per heavy atom. The highest BCUT2D eigenvalue weighted by Gasteiger charge is 2.18. The van der Waals surface area contributed by atoms with Crippen LogP contribution in [0.1, 0.15) is 38.5 Å². The van der Waals surface area contributed by atoms with E-state index in [9.17, 15) is 4.79 Å². The van der Waals surface area contributed by atoms with Gasteiger partial charge in [0.05, 0.1) is 0 Å². The summed E-state index contributed by atoms with van der Waals surface area (Å²) >= 11 is 0. The van der Waals surface area contributed by atoms with Gasteiger partial charge in [-0.2, -0.15) is 0 Å². The molecule has 3 rings (SSSR count). The molecule has 3 nitrogen and oxygen atoms in total. The molecule has 2 N–H and O–H groups in total. The number of nitrogens with two attached hydrogens (primary N) is 1. The fourth-order valence-electron chi connectivity index (χ4n) is 3.26. The van der Waals surface area contributed by atoms with E-state index in [-0.39, 0.29) is 5.97 Å². The average molecular weight is 309 g/mol. The average Bonchev–Trinajstić information content (AvgIpc) is 2.56. The van der Waals surface area contributed by atoms with E-state index in [2.05, 4.69) is 0 Å². The molecule has 0 radical (unpaired) electrons. The van der Waals surface area contributed by atoms with Gasteiger partial charge in [-0.1, -0.05) is 43.5 Å². The lowest BCUT2D eigenvalue weighted by Gasteiger charge is -2.20. The third kappa shape index (κ3) is 4.35. The predicted octanol–water partition coefficient (Wildman–Crippen LogP) is 4.81. The van der Waals surface area contributed by atoms with Crippen LogP contribution in [0.3, 0.4) is 0 Å². The fraction of sp³-hybridized carbons (Fsp3) is 0.350. The molecule has 0 saturated heterocycles. The topological polar surface area (TPSA) is 52.3 Å². The third-order valence-corrected chi connectivity index (χ3v) is 4.47. The van der Waals surface area contributed by atoms with Crippen molar-refractivity contribution in [3.8, 4) is 16.9 Å². The van der Waals surface area contributed by atoms with Crippen LogP contribution < -0.4 is 10.5 Å². The molecule has 23 heavy (non-hydrogen) atoms. The van der Waals surface area contributed by atoms with E-state index < -0.39 is 0 Å². The van der Waals surface area contributed by atoms with Crippen molar-refractivity contribution >= 4 is 11.7 Å². The molecule has 1 saturated carbocycles. The number of hydrogen-bond acceptors (Lipinski definition) is 3. The SMILES string of the molecule is Nc1cccc(-c2cccc(OC(=O)CC3CCCCC3)c2)c1. The maximum atomic E-state index is 12.1. The molecule has 2 aromatic carbocycles. The normalized spacial score (nSPS) is 15.3. The lowest BCUT2D eigenvalue weighted by Crippen LogP contribution is -2.16. The number of esters is 1. The van der Waals surface area contributed by atoms with Gasteiger partial charge in [0.15, 0.2) is 0 Å². The second-order valence-corrected chi connectivity index (χ2v) is 6.34. The molecule has 0 spiro atoms. The van der Waals surface area contributed by atoms with E-state index in [0.29, 0.717) is 18.1 Å². The Labute approximate surface area is 137 Å². The van der Waals surface area contributed by atoms with E-state index in [1.807, 2.05) is 48.5 Å². The van der Waals surface area contributed by atoms with Crippen LogP contribution in [0.4, 0.5) is 5.69 Å². The highest BCUT2D eigenvalue weighted by atomic mass is 16.5. The molecule has 0 amide bonds. The highest BCUT2D eigenvalue weighted by Crippen LogP contribution is 2.28. The van der Waals surface area contributed by atoms with Gasteiger partial charge in [0, 0.05) is 12.1 Å². The Balaban J connectivity index is 1.66. The molecule has 0 atom stereocenters. The zero-order valence-corrected chi connectivity index (χ0v) is 13.3. The molecule has 0 bridgehead atoms. The van der Waals surface area contributed by atoms with E-state index in [1.54, 1.807) is 0 Å². The Morgan fingerprint density at radius 2 is 1.70 bits per heavy atom. The number of nitrogen functional groups attached to an aromatic ring is 1. The van der Waals surface area contributed by atoms with Crippen molar-refractivity contribution in [2.45, 2.75) is 38.5 Å². The molecule has 1 aliphatic carbocycles. The van der Waals surface area contributed by atoms with Crippen molar-refractivity contribution < 1.29 is 9.53 Å². The lowest BCUT2D eigenvalue weighted by molar-refractivity contribution is -0.135. The van der Waals surface area contributed by atoms with Crippen LogP contribution in [0.2, 0.25) is 0 Å². The van der Waals surface area contributed by atoms with Crippen LogP contribution in [-0.2, 0) is 4.79 Å². The van der Waals surface area contributed by atoms with Gasteiger partial charge < -0.3 is 10.5 Å². The first-order valence-electron chi connectivity index (χ1n) is 8.37. The van der Waals surface area contributed by atoms with Gasteiger partial charge in [-0.25, -0.2) is 0 Å². The zero-order valence-electron chi connectivity index (χ0n) is 13.3. The predicted molar refractivity (Wildman–Crippen MR) is 93.1 cm³/mol. The van der Waals surface area contributed by atoms with Crippen LogP contribution in [0.25, 0.3) is 11.1 Å². The van der Waals surface area contributed by atoms with E-state index in [4.69, 9.17) is 10.5 Å².